The van der Waals surface area contributed by atoms with E-state index in [-0.39, 0.29) is 12.3 Å². The molecule has 0 aliphatic rings. The van der Waals surface area contributed by atoms with Gasteiger partial charge in [-0.25, -0.2) is 0 Å². The van der Waals surface area contributed by atoms with E-state index in [4.69, 9.17) is 17.3 Å². The summed E-state index contributed by atoms with van der Waals surface area (Å²) in [5.41, 5.74) is 8.75. The van der Waals surface area contributed by atoms with Crippen molar-refractivity contribution >= 4 is 23.4 Å². The highest BCUT2D eigenvalue weighted by Gasteiger charge is 2.20. The smallest absolute Gasteiger partial charge is 0.251 e. The highest BCUT2D eigenvalue weighted by Crippen LogP contribution is 2.20. The van der Waals surface area contributed by atoms with Crippen molar-refractivity contribution in [2.45, 2.75) is 12.5 Å². The highest BCUT2D eigenvalue weighted by molar-refractivity contribution is 6.31. The fourth-order valence-corrected chi connectivity index (χ4v) is 3.01. The zero-order chi connectivity index (χ0) is 19.2. The summed E-state index contributed by atoms with van der Waals surface area (Å²) in [6.07, 6.45) is 0.239. The Balaban J connectivity index is 1.72. The van der Waals surface area contributed by atoms with E-state index in [1.54, 1.807) is 30.3 Å². The maximum Gasteiger partial charge on any atom is 0.251 e. The molecule has 0 aliphatic carbocycles. The molecule has 3 aromatic carbocycles. The van der Waals surface area contributed by atoms with Crippen molar-refractivity contribution in [1.29, 1.82) is 0 Å². The molecule has 0 saturated carbocycles. The minimum absolute atomic E-state index is 0.239. The van der Waals surface area contributed by atoms with E-state index in [1.807, 2.05) is 48.5 Å². The lowest BCUT2D eigenvalue weighted by Gasteiger charge is -2.16. The number of nitrogens with two attached hydrogens (primary N) is 1. The van der Waals surface area contributed by atoms with Crippen molar-refractivity contribution in [1.82, 2.24) is 5.32 Å². The quantitative estimate of drug-likeness (QED) is 0.684. The van der Waals surface area contributed by atoms with Crippen LogP contribution in [0.15, 0.2) is 78.9 Å². The van der Waals surface area contributed by atoms with Gasteiger partial charge in [0.2, 0.25) is 5.91 Å². The van der Waals surface area contributed by atoms with Gasteiger partial charge in [0.05, 0.1) is 0 Å². The minimum atomic E-state index is -0.841. The Morgan fingerprint density at radius 1 is 0.852 bits per heavy atom. The van der Waals surface area contributed by atoms with Crippen molar-refractivity contribution in [3.8, 4) is 11.1 Å². The molecule has 1 atom stereocenters. The summed E-state index contributed by atoms with van der Waals surface area (Å²) < 4.78 is 0. The van der Waals surface area contributed by atoms with Gasteiger partial charge in [-0.3, -0.25) is 9.59 Å². The van der Waals surface area contributed by atoms with Gasteiger partial charge in [0.25, 0.3) is 5.91 Å². The Hall–Kier alpha value is -3.11. The second kappa shape index (κ2) is 8.52. The summed E-state index contributed by atoms with van der Waals surface area (Å²) >= 11 is 6.14. The third-order valence-electron chi connectivity index (χ3n) is 4.28. The third kappa shape index (κ3) is 4.74. The summed E-state index contributed by atoms with van der Waals surface area (Å²) in [6, 6.07) is 23.4. The fourth-order valence-electron chi connectivity index (χ4n) is 2.79. The summed E-state index contributed by atoms with van der Waals surface area (Å²) in [7, 11) is 0. The van der Waals surface area contributed by atoms with Crippen LogP contribution in [0.1, 0.15) is 15.9 Å². The molecule has 5 heteroatoms. The molecule has 3 N–H and O–H groups in total. The van der Waals surface area contributed by atoms with Crippen LogP contribution in [-0.2, 0) is 11.2 Å². The van der Waals surface area contributed by atoms with Crippen LogP contribution in [0.2, 0.25) is 5.02 Å². The number of rotatable bonds is 6. The minimum Gasteiger partial charge on any atom is -0.368 e. The number of hydrogen-bond acceptors (Lipinski definition) is 2. The maximum absolute atomic E-state index is 12.5. The lowest BCUT2D eigenvalue weighted by atomic mass is 10.0. The first-order chi connectivity index (χ1) is 13.0. The van der Waals surface area contributed by atoms with Gasteiger partial charge in [-0.1, -0.05) is 72.3 Å². The topological polar surface area (TPSA) is 72.2 Å². The predicted molar refractivity (Wildman–Crippen MR) is 107 cm³/mol. The molecule has 0 spiro atoms. The van der Waals surface area contributed by atoms with E-state index < -0.39 is 11.9 Å². The molecule has 0 heterocycles. The number of halogens is 1. The number of carbonyl (C=O) groups excluding carboxylic acids is 2. The Bertz CT molecular complexity index is 940. The Kier molecular flexibility index (Phi) is 5.89. The van der Waals surface area contributed by atoms with Crippen LogP contribution >= 0.6 is 11.6 Å². The molecule has 0 unspecified atom stereocenters. The summed E-state index contributed by atoms with van der Waals surface area (Å²) in [5.74, 6) is -0.963. The number of carbonyl (C=O) groups is 2. The molecule has 136 valence electrons. The van der Waals surface area contributed by atoms with Crippen molar-refractivity contribution in [2.24, 2.45) is 5.73 Å². The molecule has 27 heavy (non-hydrogen) atoms. The second-order valence-corrected chi connectivity index (χ2v) is 6.57. The number of nitrogens with one attached hydrogen (secondary N) is 1. The van der Waals surface area contributed by atoms with Crippen LogP contribution < -0.4 is 11.1 Å². The molecule has 0 fully saturated rings. The van der Waals surface area contributed by atoms with Crippen LogP contribution in [0, 0.1) is 0 Å². The van der Waals surface area contributed by atoms with E-state index in [0.29, 0.717) is 10.6 Å². The molecule has 0 aromatic heterocycles. The molecule has 2 amide bonds. The van der Waals surface area contributed by atoms with E-state index in [0.717, 1.165) is 16.7 Å². The summed E-state index contributed by atoms with van der Waals surface area (Å²) in [4.78, 5) is 24.3. The first-order valence-corrected chi connectivity index (χ1v) is 8.91. The second-order valence-electron chi connectivity index (χ2n) is 6.17. The zero-order valence-electron chi connectivity index (χ0n) is 14.6. The van der Waals surface area contributed by atoms with Gasteiger partial charge in [0.1, 0.15) is 6.04 Å². The van der Waals surface area contributed by atoms with Crippen LogP contribution in [0.5, 0.6) is 0 Å². The Morgan fingerprint density at radius 2 is 1.44 bits per heavy atom. The fraction of sp³-hybridized carbons (Fsp3) is 0.0909. The van der Waals surface area contributed by atoms with Gasteiger partial charge in [-0.05, 0) is 34.9 Å². The molecule has 0 bridgehead atoms. The SMILES string of the molecule is NC(=O)[C@H](Cc1ccccc1Cl)NC(=O)c1ccc(-c2ccccc2)cc1. The molecular formula is C22H19ClN2O2. The highest BCUT2D eigenvalue weighted by atomic mass is 35.5. The summed E-state index contributed by atoms with van der Waals surface area (Å²) in [5, 5.41) is 3.23. The number of primary amides is 1. The van der Waals surface area contributed by atoms with Crippen LogP contribution in [0.25, 0.3) is 11.1 Å². The largest absolute Gasteiger partial charge is 0.368 e. The van der Waals surface area contributed by atoms with E-state index in [9.17, 15) is 9.59 Å². The van der Waals surface area contributed by atoms with Gasteiger partial charge in [0, 0.05) is 17.0 Å². The number of benzene rings is 3. The monoisotopic (exact) mass is 378 g/mol. The normalized spacial score (nSPS) is 11.6. The van der Waals surface area contributed by atoms with E-state index in [2.05, 4.69) is 5.32 Å². The van der Waals surface area contributed by atoms with Gasteiger partial charge < -0.3 is 11.1 Å². The van der Waals surface area contributed by atoms with Crippen molar-refractivity contribution in [3.05, 3.63) is 95.0 Å². The molecule has 0 radical (unpaired) electrons. The molecule has 3 aromatic rings. The van der Waals surface area contributed by atoms with E-state index in [1.165, 1.54) is 0 Å². The standard InChI is InChI=1S/C22H19ClN2O2/c23-19-9-5-4-8-18(19)14-20(21(24)26)25-22(27)17-12-10-16(11-13-17)15-6-2-1-3-7-15/h1-13,20H,14H2,(H2,24,26)(H,25,27)/t20-/m0/s1. The van der Waals surface area contributed by atoms with Crippen molar-refractivity contribution in [2.75, 3.05) is 0 Å². The molecular weight excluding hydrogens is 360 g/mol. The van der Waals surface area contributed by atoms with Crippen LogP contribution in [-0.4, -0.2) is 17.9 Å². The molecule has 0 aliphatic heterocycles. The van der Waals surface area contributed by atoms with Gasteiger partial charge >= 0.3 is 0 Å². The summed E-state index contributed by atoms with van der Waals surface area (Å²) in [6.45, 7) is 0. The Labute approximate surface area is 163 Å². The molecule has 3 rings (SSSR count). The lowest BCUT2D eigenvalue weighted by molar-refractivity contribution is -0.119. The van der Waals surface area contributed by atoms with Crippen LogP contribution in [0.3, 0.4) is 0 Å². The van der Waals surface area contributed by atoms with Crippen LogP contribution in [0.4, 0.5) is 0 Å². The predicted octanol–water partition coefficient (Wildman–Crippen LogP) is 3.83. The van der Waals surface area contributed by atoms with Gasteiger partial charge in [-0.15, -0.1) is 0 Å². The zero-order valence-corrected chi connectivity index (χ0v) is 15.3. The average molecular weight is 379 g/mol. The molecule has 4 nitrogen and oxygen atoms in total. The van der Waals surface area contributed by atoms with E-state index >= 15 is 0 Å². The maximum atomic E-state index is 12.5. The Morgan fingerprint density at radius 3 is 2.07 bits per heavy atom. The van der Waals surface area contributed by atoms with Gasteiger partial charge in [-0.2, -0.15) is 0 Å². The van der Waals surface area contributed by atoms with Gasteiger partial charge in [0.15, 0.2) is 0 Å². The number of amides is 2. The molecule has 0 saturated heterocycles. The lowest BCUT2D eigenvalue weighted by Crippen LogP contribution is -2.45. The average Bonchev–Trinajstić information content (AvgIpc) is 2.69. The first kappa shape index (κ1) is 18.7. The third-order valence-corrected chi connectivity index (χ3v) is 4.65. The van der Waals surface area contributed by atoms with Crippen molar-refractivity contribution < 1.29 is 9.59 Å². The van der Waals surface area contributed by atoms with Crippen molar-refractivity contribution in [3.63, 3.8) is 0 Å². The number of hydrogen-bond donors (Lipinski definition) is 2. The first-order valence-electron chi connectivity index (χ1n) is 8.53.